The third kappa shape index (κ3) is 3.01. The summed E-state index contributed by atoms with van der Waals surface area (Å²) in [4.78, 5) is 5.18. The van der Waals surface area contributed by atoms with Crippen LogP contribution in [-0.2, 0) is 11.3 Å². The molecule has 1 aromatic rings. The maximum Gasteiger partial charge on any atom is 0.0491 e. The quantitative estimate of drug-likeness (QED) is 0.847. The zero-order chi connectivity index (χ0) is 14.9. The first-order valence-electron chi connectivity index (χ1n) is 8.10. The van der Waals surface area contributed by atoms with Crippen molar-refractivity contribution in [2.75, 3.05) is 40.4 Å². The van der Waals surface area contributed by atoms with Crippen molar-refractivity contribution in [3.63, 3.8) is 0 Å². The molecule has 1 atom stereocenters. The number of hydrogen-bond acceptors (Lipinski definition) is 3. The highest BCUT2D eigenvalue weighted by atomic mass is 16.5. The van der Waals surface area contributed by atoms with E-state index in [1.54, 1.807) is 0 Å². The average Bonchev–Trinajstić information content (AvgIpc) is 2.43. The molecule has 0 aliphatic carbocycles. The molecule has 2 aliphatic heterocycles. The normalized spacial score (nSPS) is 26.0. The number of rotatable bonds is 4. The Balaban J connectivity index is 1.59. The molecule has 3 nitrogen and oxygen atoms in total. The lowest BCUT2D eigenvalue weighted by Crippen LogP contribution is -2.71. The minimum absolute atomic E-state index is 0.407. The van der Waals surface area contributed by atoms with Crippen LogP contribution in [0.5, 0.6) is 0 Å². The molecular formula is C18H28N2O. The first-order valence-corrected chi connectivity index (χ1v) is 8.10. The van der Waals surface area contributed by atoms with E-state index in [1.165, 1.54) is 43.6 Å². The maximum absolute atomic E-state index is 5.38. The number of piperidine rings is 1. The second kappa shape index (κ2) is 6.07. The first-order chi connectivity index (χ1) is 10.1. The van der Waals surface area contributed by atoms with Crippen LogP contribution in [0.2, 0.25) is 0 Å². The molecule has 0 aromatic heterocycles. The highest BCUT2D eigenvalue weighted by Crippen LogP contribution is 2.38. The zero-order valence-electron chi connectivity index (χ0n) is 13.6. The van der Waals surface area contributed by atoms with E-state index in [-0.39, 0.29) is 0 Å². The van der Waals surface area contributed by atoms with E-state index < -0.39 is 0 Å². The lowest BCUT2D eigenvalue weighted by atomic mass is 9.75. The Labute approximate surface area is 128 Å². The fourth-order valence-electron chi connectivity index (χ4n) is 4.08. The van der Waals surface area contributed by atoms with Gasteiger partial charge in [-0.05, 0) is 50.4 Å². The predicted molar refractivity (Wildman–Crippen MR) is 86.4 cm³/mol. The Morgan fingerprint density at radius 2 is 2.05 bits per heavy atom. The van der Waals surface area contributed by atoms with Gasteiger partial charge in [-0.15, -0.1) is 0 Å². The Hall–Kier alpha value is -0.900. The monoisotopic (exact) mass is 288 g/mol. The smallest absolute Gasteiger partial charge is 0.0491 e. The van der Waals surface area contributed by atoms with Gasteiger partial charge in [0.25, 0.3) is 0 Å². The van der Waals surface area contributed by atoms with Crippen molar-refractivity contribution in [2.45, 2.75) is 31.8 Å². The summed E-state index contributed by atoms with van der Waals surface area (Å²) in [7, 11) is 4.13. The van der Waals surface area contributed by atoms with E-state index in [4.69, 9.17) is 4.74 Å². The summed E-state index contributed by atoms with van der Waals surface area (Å²) in [5.74, 6) is 0.742. The van der Waals surface area contributed by atoms with Gasteiger partial charge in [-0.2, -0.15) is 0 Å². The van der Waals surface area contributed by atoms with E-state index in [0.717, 1.165) is 19.1 Å². The number of likely N-dealkylation sites (tertiary alicyclic amines) is 2. The van der Waals surface area contributed by atoms with Crippen molar-refractivity contribution in [1.82, 2.24) is 9.80 Å². The van der Waals surface area contributed by atoms with Gasteiger partial charge >= 0.3 is 0 Å². The second-order valence-electron chi connectivity index (χ2n) is 7.03. The van der Waals surface area contributed by atoms with Crippen LogP contribution in [0.4, 0.5) is 0 Å². The molecule has 0 unspecified atom stereocenters. The number of benzene rings is 1. The summed E-state index contributed by atoms with van der Waals surface area (Å²) < 4.78 is 5.38. The minimum Gasteiger partial charge on any atom is -0.384 e. The van der Waals surface area contributed by atoms with Gasteiger partial charge in [0.05, 0.1) is 0 Å². The average molecular weight is 288 g/mol. The van der Waals surface area contributed by atoms with Crippen molar-refractivity contribution < 1.29 is 4.74 Å². The van der Waals surface area contributed by atoms with E-state index in [1.807, 2.05) is 7.11 Å². The largest absolute Gasteiger partial charge is 0.384 e. The molecule has 1 aromatic carbocycles. The highest BCUT2D eigenvalue weighted by molar-refractivity contribution is 5.26. The molecule has 2 aliphatic rings. The highest BCUT2D eigenvalue weighted by Gasteiger charge is 2.49. The SMILES string of the molecule is COC[C@@H]1CCN(C)C2(C1)CN(Cc1ccccc1C)C2. The third-order valence-corrected chi connectivity index (χ3v) is 5.44. The maximum atomic E-state index is 5.38. The van der Waals surface area contributed by atoms with Gasteiger partial charge < -0.3 is 4.74 Å². The van der Waals surface area contributed by atoms with Crippen LogP contribution >= 0.6 is 0 Å². The van der Waals surface area contributed by atoms with Crippen LogP contribution in [-0.4, -0.2) is 55.7 Å². The Bertz CT molecular complexity index is 482. The van der Waals surface area contributed by atoms with Gasteiger partial charge in [-0.3, -0.25) is 9.80 Å². The molecule has 21 heavy (non-hydrogen) atoms. The van der Waals surface area contributed by atoms with Gasteiger partial charge in [0.1, 0.15) is 0 Å². The van der Waals surface area contributed by atoms with Gasteiger partial charge in [-0.1, -0.05) is 24.3 Å². The molecule has 0 bridgehead atoms. The number of nitrogens with zero attached hydrogens (tertiary/aromatic N) is 2. The molecule has 116 valence electrons. The van der Waals surface area contributed by atoms with Crippen molar-refractivity contribution in [3.8, 4) is 0 Å². The Kier molecular flexibility index (Phi) is 4.34. The van der Waals surface area contributed by atoms with Crippen LogP contribution in [0.3, 0.4) is 0 Å². The van der Waals surface area contributed by atoms with Gasteiger partial charge in [0, 0.05) is 38.9 Å². The van der Waals surface area contributed by atoms with Crippen LogP contribution in [0.25, 0.3) is 0 Å². The summed E-state index contributed by atoms with van der Waals surface area (Å²) in [5, 5.41) is 0. The van der Waals surface area contributed by atoms with Crippen LogP contribution in [0.1, 0.15) is 24.0 Å². The molecule has 0 saturated carbocycles. The molecule has 0 N–H and O–H groups in total. The molecule has 0 radical (unpaired) electrons. The summed E-state index contributed by atoms with van der Waals surface area (Å²) in [6, 6.07) is 8.75. The molecule has 3 heteroatoms. The van der Waals surface area contributed by atoms with Crippen molar-refractivity contribution >= 4 is 0 Å². The van der Waals surface area contributed by atoms with Crippen LogP contribution in [0.15, 0.2) is 24.3 Å². The lowest BCUT2D eigenvalue weighted by molar-refractivity contribution is -0.0905. The van der Waals surface area contributed by atoms with Gasteiger partial charge in [-0.25, -0.2) is 0 Å². The predicted octanol–water partition coefficient (Wildman–Crippen LogP) is 2.54. The number of hydrogen-bond donors (Lipinski definition) is 0. The second-order valence-corrected chi connectivity index (χ2v) is 7.03. The lowest BCUT2D eigenvalue weighted by Gasteiger charge is -2.59. The van der Waals surface area contributed by atoms with Crippen molar-refractivity contribution in [1.29, 1.82) is 0 Å². The van der Waals surface area contributed by atoms with Crippen LogP contribution < -0.4 is 0 Å². The van der Waals surface area contributed by atoms with Crippen molar-refractivity contribution in [2.24, 2.45) is 5.92 Å². The van der Waals surface area contributed by atoms with E-state index in [9.17, 15) is 0 Å². The number of likely N-dealkylation sites (N-methyl/N-ethyl adjacent to an activating group) is 1. The van der Waals surface area contributed by atoms with Crippen molar-refractivity contribution in [3.05, 3.63) is 35.4 Å². The summed E-state index contributed by atoms with van der Waals surface area (Å²) in [5.41, 5.74) is 3.29. The van der Waals surface area contributed by atoms with E-state index in [2.05, 4.69) is 48.0 Å². The summed E-state index contributed by atoms with van der Waals surface area (Å²) in [6.45, 7) is 7.86. The molecule has 2 saturated heterocycles. The van der Waals surface area contributed by atoms with Crippen LogP contribution in [0, 0.1) is 12.8 Å². The summed E-state index contributed by atoms with van der Waals surface area (Å²) in [6.07, 6.45) is 2.57. The topological polar surface area (TPSA) is 15.7 Å². The molecule has 2 heterocycles. The number of methoxy groups -OCH3 is 1. The molecule has 3 rings (SSSR count). The zero-order valence-corrected chi connectivity index (χ0v) is 13.6. The van der Waals surface area contributed by atoms with E-state index in [0.29, 0.717) is 5.54 Å². The molecule has 1 spiro atoms. The fraction of sp³-hybridized carbons (Fsp3) is 0.667. The van der Waals surface area contributed by atoms with Gasteiger partial charge in [0.2, 0.25) is 0 Å². The third-order valence-electron chi connectivity index (χ3n) is 5.44. The fourth-order valence-corrected chi connectivity index (χ4v) is 4.08. The van der Waals surface area contributed by atoms with Gasteiger partial charge in [0.15, 0.2) is 0 Å². The first kappa shape index (κ1) is 15.0. The van der Waals surface area contributed by atoms with E-state index >= 15 is 0 Å². The molecule has 0 amide bonds. The standard InChI is InChI=1S/C18H28N2O/c1-15-6-4-5-7-17(15)11-20-13-18(14-20)10-16(12-21-3)8-9-19(18)2/h4-7,16H,8-14H2,1-3H3/t16-/m1/s1. The summed E-state index contributed by atoms with van der Waals surface area (Å²) >= 11 is 0. The minimum atomic E-state index is 0.407. The Morgan fingerprint density at radius 3 is 2.76 bits per heavy atom. The number of ether oxygens (including phenoxy) is 1. The number of aryl methyl sites for hydroxylation is 1. The Morgan fingerprint density at radius 1 is 1.29 bits per heavy atom. The molecule has 2 fully saturated rings. The molecular weight excluding hydrogens is 260 g/mol.